The highest BCUT2D eigenvalue weighted by Crippen LogP contribution is 2.24. The molecule has 1 atom stereocenters. The van der Waals surface area contributed by atoms with Gasteiger partial charge in [0.05, 0.1) is 4.92 Å². The van der Waals surface area contributed by atoms with Gasteiger partial charge in [0.1, 0.15) is 0 Å². The molecular formula is C16H18N2O3. The van der Waals surface area contributed by atoms with E-state index in [0.717, 1.165) is 16.8 Å². The number of hydrogen-bond donors (Lipinski definition) is 2. The summed E-state index contributed by atoms with van der Waals surface area (Å²) in [6.07, 6.45) is 0.593. The average molecular weight is 286 g/mol. The van der Waals surface area contributed by atoms with E-state index in [4.69, 9.17) is 5.11 Å². The Hall–Kier alpha value is -2.40. The van der Waals surface area contributed by atoms with Crippen molar-refractivity contribution in [2.45, 2.75) is 19.4 Å². The number of aliphatic hydroxyl groups excluding tert-OH is 1. The Balaban J connectivity index is 2.14. The van der Waals surface area contributed by atoms with E-state index in [9.17, 15) is 10.1 Å². The number of para-hydroxylation sites is 1. The van der Waals surface area contributed by atoms with Crippen molar-refractivity contribution >= 4 is 11.4 Å². The van der Waals surface area contributed by atoms with E-state index < -0.39 is 4.92 Å². The van der Waals surface area contributed by atoms with Crippen LogP contribution in [-0.4, -0.2) is 16.6 Å². The van der Waals surface area contributed by atoms with Gasteiger partial charge in [0.15, 0.2) is 0 Å². The number of nitrogens with zero attached hydrogens (tertiary/aromatic N) is 1. The molecule has 0 radical (unpaired) electrons. The number of non-ortho nitro benzene ring substituents is 1. The first-order valence-electron chi connectivity index (χ1n) is 6.81. The van der Waals surface area contributed by atoms with Gasteiger partial charge in [-0.15, -0.1) is 0 Å². The lowest BCUT2D eigenvalue weighted by atomic mass is 10.1. The van der Waals surface area contributed by atoms with Gasteiger partial charge >= 0.3 is 0 Å². The molecule has 0 heterocycles. The lowest BCUT2D eigenvalue weighted by Gasteiger charge is -2.18. The smallest absolute Gasteiger partial charge is 0.269 e. The minimum atomic E-state index is -0.404. The molecule has 0 aliphatic rings. The van der Waals surface area contributed by atoms with Crippen LogP contribution in [0.2, 0.25) is 0 Å². The van der Waals surface area contributed by atoms with Gasteiger partial charge in [0.2, 0.25) is 0 Å². The maximum atomic E-state index is 10.7. The van der Waals surface area contributed by atoms with Gasteiger partial charge in [0.25, 0.3) is 5.69 Å². The zero-order valence-corrected chi connectivity index (χ0v) is 11.8. The Morgan fingerprint density at radius 2 is 1.86 bits per heavy atom. The van der Waals surface area contributed by atoms with Gasteiger partial charge in [-0.25, -0.2) is 0 Å². The molecule has 2 aromatic rings. The third-order valence-electron chi connectivity index (χ3n) is 3.37. The van der Waals surface area contributed by atoms with E-state index in [1.165, 1.54) is 12.1 Å². The molecule has 0 aromatic heterocycles. The average Bonchev–Trinajstić information content (AvgIpc) is 2.49. The Kier molecular flexibility index (Phi) is 4.90. The highest BCUT2D eigenvalue weighted by atomic mass is 16.6. The number of rotatable bonds is 6. The number of nitro benzene ring substituents is 1. The van der Waals surface area contributed by atoms with Crippen molar-refractivity contribution < 1.29 is 10.0 Å². The fourth-order valence-electron chi connectivity index (χ4n) is 2.20. The topological polar surface area (TPSA) is 75.4 Å². The van der Waals surface area contributed by atoms with E-state index >= 15 is 0 Å². The third-order valence-corrected chi connectivity index (χ3v) is 3.37. The molecule has 5 nitrogen and oxygen atoms in total. The Labute approximate surface area is 123 Å². The van der Waals surface area contributed by atoms with Crippen LogP contribution in [0.3, 0.4) is 0 Å². The lowest BCUT2D eigenvalue weighted by Crippen LogP contribution is -2.09. The quantitative estimate of drug-likeness (QED) is 0.631. The molecule has 0 saturated heterocycles. The van der Waals surface area contributed by atoms with Gasteiger partial charge < -0.3 is 10.4 Å². The highest BCUT2D eigenvalue weighted by molar-refractivity contribution is 5.53. The molecule has 0 spiro atoms. The number of nitrogens with one attached hydrogen (secondary N) is 1. The van der Waals surface area contributed by atoms with Crippen LogP contribution in [0.15, 0.2) is 48.5 Å². The van der Waals surface area contributed by atoms with E-state index in [-0.39, 0.29) is 18.3 Å². The molecule has 2 N–H and O–H groups in total. The molecule has 21 heavy (non-hydrogen) atoms. The molecule has 0 aliphatic heterocycles. The van der Waals surface area contributed by atoms with Crippen LogP contribution in [0.5, 0.6) is 0 Å². The van der Waals surface area contributed by atoms with Crippen molar-refractivity contribution in [1.29, 1.82) is 0 Å². The van der Waals surface area contributed by atoms with E-state index in [1.807, 2.05) is 31.2 Å². The maximum Gasteiger partial charge on any atom is 0.269 e. The third kappa shape index (κ3) is 3.79. The molecule has 0 amide bonds. The summed E-state index contributed by atoms with van der Waals surface area (Å²) in [6, 6.07) is 14.4. The summed E-state index contributed by atoms with van der Waals surface area (Å²) in [6.45, 7) is 2.10. The van der Waals surface area contributed by atoms with E-state index in [0.29, 0.717) is 6.42 Å². The fraction of sp³-hybridized carbons (Fsp3) is 0.250. The Bertz CT molecular complexity index is 611. The van der Waals surface area contributed by atoms with Crippen molar-refractivity contribution in [2.75, 3.05) is 11.9 Å². The predicted molar refractivity (Wildman–Crippen MR) is 82.4 cm³/mol. The zero-order valence-electron chi connectivity index (χ0n) is 11.8. The Morgan fingerprint density at radius 1 is 1.19 bits per heavy atom. The van der Waals surface area contributed by atoms with Crippen LogP contribution >= 0.6 is 0 Å². The van der Waals surface area contributed by atoms with Crippen LogP contribution in [-0.2, 0) is 6.42 Å². The van der Waals surface area contributed by atoms with Crippen LogP contribution in [0.1, 0.15) is 24.1 Å². The van der Waals surface area contributed by atoms with E-state index in [1.54, 1.807) is 12.1 Å². The van der Waals surface area contributed by atoms with Crippen LogP contribution in [0, 0.1) is 10.1 Å². The number of nitro groups is 1. The summed E-state index contributed by atoms with van der Waals surface area (Å²) in [5.41, 5.74) is 3.08. The van der Waals surface area contributed by atoms with Crippen molar-refractivity contribution in [3.8, 4) is 0 Å². The minimum absolute atomic E-state index is 0.0191. The summed E-state index contributed by atoms with van der Waals surface area (Å²) >= 11 is 0. The summed E-state index contributed by atoms with van der Waals surface area (Å²) in [7, 11) is 0. The van der Waals surface area contributed by atoms with Gasteiger partial charge in [-0.2, -0.15) is 0 Å². The number of hydrogen-bond acceptors (Lipinski definition) is 4. The molecule has 2 rings (SSSR count). The molecule has 110 valence electrons. The second kappa shape index (κ2) is 6.85. The number of anilines is 1. The van der Waals surface area contributed by atoms with Crippen LogP contribution in [0.25, 0.3) is 0 Å². The lowest BCUT2D eigenvalue weighted by molar-refractivity contribution is -0.384. The molecule has 2 aromatic carbocycles. The predicted octanol–water partition coefficient (Wildman–Crippen LogP) is 3.30. The number of benzene rings is 2. The molecule has 1 unspecified atom stereocenters. The first-order valence-corrected chi connectivity index (χ1v) is 6.81. The monoisotopic (exact) mass is 286 g/mol. The minimum Gasteiger partial charge on any atom is -0.396 e. The molecule has 0 saturated carbocycles. The SMILES string of the molecule is CC(Nc1ccccc1CCO)c1ccc([N+](=O)[O-])cc1. The standard InChI is InChI=1S/C16H18N2O3/c1-12(13-6-8-15(9-7-13)18(20)21)17-16-5-3-2-4-14(16)10-11-19/h2-9,12,17,19H,10-11H2,1H3. The normalized spacial score (nSPS) is 11.9. The van der Waals surface area contributed by atoms with Crippen molar-refractivity contribution in [1.82, 2.24) is 0 Å². The molecule has 0 bridgehead atoms. The van der Waals surface area contributed by atoms with Crippen molar-refractivity contribution in [3.63, 3.8) is 0 Å². The second-order valence-electron chi connectivity index (χ2n) is 4.85. The first-order chi connectivity index (χ1) is 10.1. The van der Waals surface area contributed by atoms with Gasteiger partial charge in [0, 0.05) is 30.5 Å². The largest absolute Gasteiger partial charge is 0.396 e. The van der Waals surface area contributed by atoms with Crippen LogP contribution < -0.4 is 5.32 Å². The van der Waals surface area contributed by atoms with Gasteiger partial charge in [-0.05, 0) is 30.5 Å². The molecule has 5 heteroatoms. The zero-order chi connectivity index (χ0) is 15.2. The summed E-state index contributed by atoms with van der Waals surface area (Å²) in [5.74, 6) is 0. The van der Waals surface area contributed by atoms with Gasteiger partial charge in [-0.1, -0.05) is 30.3 Å². The van der Waals surface area contributed by atoms with Crippen molar-refractivity contribution in [2.24, 2.45) is 0 Å². The summed E-state index contributed by atoms with van der Waals surface area (Å²) in [4.78, 5) is 10.3. The van der Waals surface area contributed by atoms with Crippen molar-refractivity contribution in [3.05, 3.63) is 69.8 Å². The maximum absolute atomic E-state index is 10.7. The number of aliphatic hydroxyl groups is 1. The highest BCUT2D eigenvalue weighted by Gasteiger charge is 2.10. The van der Waals surface area contributed by atoms with Gasteiger partial charge in [-0.3, -0.25) is 10.1 Å². The summed E-state index contributed by atoms with van der Waals surface area (Å²) < 4.78 is 0. The second-order valence-corrected chi connectivity index (χ2v) is 4.85. The Morgan fingerprint density at radius 3 is 2.48 bits per heavy atom. The molecule has 0 aliphatic carbocycles. The summed E-state index contributed by atoms with van der Waals surface area (Å²) in [5, 5.41) is 23.1. The first kappa shape index (κ1) is 15.0. The molecular weight excluding hydrogens is 268 g/mol. The van der Waals surface area contributed by atoms with E-state index in [2.05, 4.69) is 5.32 Å². The van der Waals surface area contributed by atoms with Crippen LogP contribution in [0.4, 0.5) is 11.4 Å². The molecule has 0 fully saturated rings. The fourth-order valence-corrected chi connectivity index (χ4v) is 2.20.